The van der Waals surface area contributed by atoms with Crippen molar-refractivity contribution in [2.24, 2.45) is 0 Å². The Bertz CT molecular complexity index is 1080. The monoisotopic (exact) mass is 440 g/mol. The van der Waals surface area contributed by atoms with Gasteiger partial charge in [0.2, 0.25) is 0 Å². The molecule has 1 saturated heterocycles. The van der Waals surface area contributed by atoms with Gasteiger partial charge in [0.1, 0.15) is 24.8 Å². The van der Waals surface area contributed by atoms with Crippen LogP contribution in [0.3, 0.4) is 0 Å². The zero-order valence-electron chi connectivity index (χ0n) is 18.0. The summed E-state index contributed by atoms with van der Waals surface area (Å²) in [6.45, 7) is 1.72. The fourth-order valence-corrected chi connectivity index (χ4v) is 4.03. The van der Waals surface area contributed by atoms with Crippen LogP contribution in [-0.2, 0) is 9.59 Å². The van der Waals surface area contributed by atoms with E-state index in [4.69, 9.17) is 9.47 Å². The minimum atomic E-state index is -1.02. The van der Waals surface area contributed by atoms with Gasteiger partial charge in [-0.3, -0.25) is 9.59 Å². The Morgan fingerprint density at radius 3 is 2.56 bits per heavy atom. The van der Waals surface area contributed by atoms with Gasteiger partial charge in [-0.15, -0.1) is 0 Å². The Hall–Kier alpha value is -3.39. The van der Waals surface area contributed by atoms with Gasteiger partial charge in [-0.05, 0) is 51.3 Å². The van der Waals surface area contributed by atoms with Crippen LogP contribution < -0.4 is 9.47 Å². The second kappa shape index (κ2) is 9.00. The van der Waals surface area contributed by atoms with Crippen LogP contribution >= 0.6 is 0 Å². The number of carbonyl (C=O) groups excluding carboxylic acids is 2. The average Bonchev–Trinajstić information content (AvgIpc) is 3.03. The number of aliphatic hydroxyl groups excluding tert-OH is 1. The summed E-state index contributed by atoms with van der Waals surface area (Å²) >= 11 is 0. The first kappa shape index (κ1) is 21.8. The molecule has 2 aliphatic rings. The molecule has 2 aliphatic heterocycles. The molecule has 0 unspecified atom stereocenters. The summed E-state index contributed by atoms with van der Waals surface area (Å²) in [5, 5.41) is 11.1. The maximum Gasteiger partial charge on any atom is 0.295 e. The standard InChI is InChI=1S/C24H25FN2O5/c1-26(2)10-5-11-27-21(16-6-3-4-7-17(16)25)20(23(29)24(27)30)22(28)15-8-9-18-19(14-15)32-13-12-31-18/h3-4,6-9,14,21,28H,5,10-13H2,1-2H3/t21-/m1/s1. The lowest BCUT2D eigenvalue weighted by Gasteiger charge is -2.26. The summed E-state index contributed by atoms with van der Waals surface area (Å²) in [6, 6.07) is 9.74. The number of hydrogen-bond acceptors (Lipinski definition) is 6. The Kier molecular flexibility index (Phi) is 6.14. The zero-order chi connectivity index (χ0) is 22.8. The minimum absolute atomic E-state index is 0.137. The molecule has 0 saturated carbocycles. The fourth-order valence-electron chi connectivity index (χ4n) is 4.03. The molecule has 0 aromatic heterocycles. The van der Waals surface area contributed by atoms with Crippen molar-refractivity contribution in [2.75, 3.05) is 40.4 Å². The van der Waals surface area contributed by atoms with E-state index in [1.807, 2.05) is 19.0 Å². The van der Waals surface area contributed by atoms with Crippen molar-refractivity contribution >= 4 is 17.4 Å². The number of likely N-dealkylation sites (tertiary alicyclic amines) is 1. The van der Waals surface area contributed by atoms with Crippen LogP contribution in [0.2, 0.25) is 0 Å². The smallest absolute Gasteiger partial charge is 0.295 e. The van der Waals surface area contributed by atoms with Crippen LogP contribution in [0.5, 0.6) is 11.5 Å². The van der Waals surface area contributed by atoms with E-state index in [0.29, 0.717) is 43.2 Å². The topological polar surface area (TPSA) is 79.3 Å². The van der Waals surface area contributed by atoms with E-state index in [0.717, 1.165) is 0 Å². The van der Waals surface area contributed by atoms with Crippen molar-refractivity contribution in [2.45, 2.75) is 12.5 Å². The predicted molar refractivity (Wildman–Crippen MR) is 116 cm³/mol. The van der Waals surface area contributed by atoms with Gasteiger partial charge in [0.15, 0.2) is 11.5 Å². The number of rotatable bonds is 6. The largest absolute Gasteiger partial charge is 0.507 e. The Morgan fingerprint density at radius 2 is 1.84 bits per heavy atom. The van der Waals surface area contributed by atoms with Crippen LogP contribution in [0, 0.1) is 5.82 Å². The van der Waals surface area contributed by atoms with Gasteiger partial charge in [-0.1, -0.05) is 18.2 Å². The second-order valence-electron chi connectivity index (χ2n) is 8.03. The molecule has 0 bridgehead atoms. The van der Waals surface area contributed by atoms with E-state index in [1.165, 1.54) is 23.1 Å². The van der Waals surface area contributed by atoms with Gasteiger partial charge in [0, 0.05) is 17.7 Å². The molecule has 1 amide bonds. The first-order valence-electron chi connectivity index (χ1n) is 10.5. The number of amides is 1. The van der Waals surface area contributed by atoms with Crippen LogP contribution in [0.15, 0.2) is 48.0 Å². The van der Waals surface area contributed by atoms with Crippen LogP contribution in [-0.4, -0.2) is 67.0 Å². The fraction of sp³-hybridized carbons (Fsp3) is 0.333. The van der Waals surface area contributed by atoms with Crippen molar-refractivity contribution in [3.63, 3.8) is 0 Å². The van der Waals surface area contributed by atoms with Crippen molar-refractivity contribution < 1.29 is 28.6 Å². The molecule has 7 nitrogen and oxygen atoms in total. The second-order valence-corrected chi connectivity index (χ2v) is 8.03. The summed E-state index contributed by atoms with van der Waals surface area (Å²) in [4.78, 5) is 29.2. The molecule has 4 rings (SSSR count). The SMILES string of the molecule is CN(C)CCCN1C(=O)C(=O)C(=C(O)c2ccc3c(c2)OCCO3)[C@H]1c1ccccc1F. The van der Waals surface area contributed by atoms with Crippen LogP contribution in [0.1, 0.15) is 23.6 Å². The molecule has 2 aromatic carbocycles. The number of fused-ring (bicyclic) bond motifs is 1. The highest BCUT2D eigenvalue weighted by molar-refractivity contribution is 6.46. The van der Waals surface area contributed by atoms with Crippen molar-refractivity contribution in [1.29, 1.82) is 0 Å². The summed E-state index contributed by atoms with van der Waals surface area (Å²) < 4.78 is 25.9. The maximum atomic E-state index is 14.8. The van der Waals surface area contributed by atoms with E-state index < -0.39 is 23.5 Å². The molecule has 8 heteroatoms. The lowest BCUT2D eigenvalue weighted by molar-refractivity contribution is -0.140. The molecule has 2 aromatic rings. The Balaban J connectivity index is 1.80. The highest BCUT2D eigenvalue weighted by Gasteiger charge is 2.46. The number of aliphatic hydroxyl groups is 1. The van der Waals surface area contributed by atoms with Crippen molar-refractivity contribution in [3.8, 4) is 11.5 Å². The minimum Gasteiger partial charge on any atom is -0.507 e. The third-order valence-electron chi connectivity index (χ3n) is 5.56. The highest BCUT2D eigenvalue weighted by atomic mass is 19.1. The molecule has 168 valence electrons. The molecule has 0 radical (unpaired) electrons. The van der Waals surface area contributed by atoms with Crippen LogP contribution in [0.25, 0.3) is 5.76 Å². The third-order valence-corrected chi connectivity index (χ3v) is 5.56. The molecule has 2 heterocycles. The molecule has 1 N–H and O–H groups in total. The predicted octanol–water partition coefficient (Wildman–Crippen LogP) is 2.97. The van der Waals surface area contributed by atoms with E-state index in [-0.39, 0.29) is 23.4 Å². The Morgan fingerprint density at radius 1 is 1.12 bits per heavy atom. The summed E-state index contributed by atoms with van der Waals surface area (Å²) in [6.07, 6.45) is 0.592. The van der Waals surface area contributed by atoms with Gasteiger partial charge >= 0.3 is 0 Å². The average molecular weight is 440 g/mol. The zero-order valence-corrected chi connectivity index (χ0v) is 18.0. The lowest BCUT2D eigenvalue weighted by atomic mass is 9.94. The number of ketones is 1. The van der Waals surface area contributed by atoms with Crippen molar-refractivity contribution in [1.82, 2.24) is 9.80 Å². The number of nitrogens with zero attached hydrogens (tertiary/aromatic N) is 2. The molecular weight excluding hydrogens is 415 g/mol. The van der Waals surface area contributed by atoms with Crippen LogP contribution in [0.4, 0.5) is 4.39 Å². The Labute approximate surface area is 185 Å². The van der Waals surface area contributed by atoms with E-state index in [2.05, 4.69) is 0 Å². The van der Waals surface area contributed by atoms with Crippen molar-refractivity contribution in [3.05, 3.63) is 65.0 Å². The van der Waals surface area contributed by atoms with Gasteiger partial charge in [0.05, 0.1) is 11.6 Å². The molecular formula is C24H25FN2O5. The first-order chi connectivity index (χ1) is 15.4. The van der Waals surface area contributed by atoms with Gasteiger partial charge < -0.3 is 24.4 Å². The number of hydrogen-bond donors (Lipinski definition) is 1. The number of Topliss-reactive ketones (excluding diaryl/α,β-unsaturated/α-hetero) is 1. The molecule has 32 heavy (non-hydrogen) atoms. The molecule has 1 atom stereocenters. The normalized spacial score (nSPS) is 19.6. The molecule has 1 fully saturated rings. The molecule has 0 spiro atoms. The number of halogens is 1. The lowest BCUT2D eigenvalue weighted by Crippen LogP contribution is -2.32. The highest BCUT2D eigenvalue weighted by Crippen LogP contribution is 2.41. The number of ether oxygens (including phenoxy) is 2. The van der Waals surface area contributed by atoms with Gasteiger partial charge in [-0.25, -0.2) is 4.39 Å². The number of benzene rings is 2. The van der Waals surface area contributed by atoms with Gasteiger partial charge in [0.25, 0.3) is 11.7 Å². The number of carbonyl (C=O) groups is 2. The van der Waals surface area contributed by atoms with Gasteiger partial charge in [-0.2, -0.15) is 0 Å². The summed E-state index contributed by atoms with van der Waals surface area (Å²) in [5.41, 5.74) is 0.319. The summed E-state index contributed by atoms with van der Waals surface area (Å²) in [5.74, 6) is -1.55. The quantitative estimate of drug-likeness (QED) is 0.423. The van der Waals surface area contributed by atoms with E-state index in [1.54, 1.807) is 24.3 Å². The molecule has 0 aliphatic carbocycles. The summed E-state index contributed by atoms with van der Waals surface area (Å²) in [7, 11) is 3.81. The first-order valence-corrected chi connectivity index (χ1v) is 10.5. The van der Waals surface area contributed by atoms with E-state index >= 15 is 0 Å². The third kappa shape index (κ3) is 4.05. The maximum absolute atomic E-state index is 14.8. The van der Waals surface area contributed by atoms with E-state index in [9.17, 15) is 19.1 Å².